The number of hydrogen-bond donors (Lipinski definition) is 0. The minimum Gasteiger partial charge on any atom is -0.497 e. The van der Waals surface area contributed by atoms with Crippen LogP contribution < -0.4 is 18.9 Å². The van der Waals surface area contributed by atoms with Crippen molar-refractivity contribution in [1.29, 1.82) is 0 Å². The Morgan fingerprint density at radius 2 is 1.52 bits per heavy atom. The van der Waals surface area contributed by atoms with E-state index in [1.165, 1.54) is 27.4 Å². The van der Waals surface area contributed by atoms with E-state index in [9.17, 15) is 9.59 Å². The largest absolute Gasteiger partial charge is 0.497 e. The van der Waals surface area contributed by atoms with E-state index < -0.39 is 5.97 Å². The van der Waals surface area contributed by atoms with E-state index >= 15 is 0 Å². The molecule has 0 saturated carbocycles. The third-order valence-electron chi connectivity index (χ3n) is 4.18. The van der Waals surface area contributed by atoms with Gasteiger partial charge in [0.25, 0.3) is 0 Å². The van der Waals surface area contributed by atoms with E-state index in [-0.39, 0.29) is 29.5 Å². The molecule has 7 heteroatoms. The minimum atomic E-state index is -0.621. The first-order valence-electron chi connectivity index (χ1n) is 9.27. The number of hydrogen-bond acceptors (Lipinski definition) is 7. The van der Waals surface area contributed by atoms with Crippen LogP contribution in [0.2, 0.25) is 0 Å². The van der Waals surface area contributed by atoms with Crippen LogP contribution in [0.3, 0.4) is 0 Å². The van der Waals surface area contributed by atoms with E-state index in [4.69, 9.17) is 23.7 Å². The summed E-state index contributed by atoms with van der Waals surface area (Å²) in [5.41, 5.74) is 0.442. The average Bonchev–Trinajstić information content (AvgIpc) is 2.75. The topological polar surface area (TPSA) is 80.3 Å². The van der Waals surface area contributed by atoms with Crippen LogP contribution in [0.5, 0.6) is 23.0 Å². The predicted octanol–water partition coefficient (Wildman–Crippen LogP) is 3.93. The van der Waals surface area contributed by atoms with Crippen LogP contribution in [-0.2, 0) is 4.74 Å². The van der Waals surface area contributed by atoms with Crippen LogP contribution in [0.4, 0.5) is 0 Å². The highest BCUT2D eigenvalue weighted by molar-refractivity contribution is 6.03. The number of carbonyl (C=O) groups excluding carboxylic acids is 2. The number of carbonyl (C=O) groups is 2. The molecule has 0 aliphatic carbocycles. The van der Waals surface area contributed by atoms with Crippen molar-refractivity contribution < 1.29 is 33.3 Å². The van der Waals surface area contributed by atoms with Gasteiger partial charge in [0.2, 0.25) is 0 Å². The molecule has 0 aromatic heterocycles. The first-order valence-corrected chi connectivity index (χ1v) is 9.27. The van der Waals surface area contributed by atoms with Crippen molar-refractivity contribution in [3.63, 3.8) is 0 Å². The van der Waals surface area contributed by atoms with Gasteiger partial charge in [-0.05, 0) is 30.7 Å². The van der Waals surface area contributed by atoms with Gasteiger partial charge in [0.05, 0.1) is 26.9 Å². The van der Waals surface area contributed by atoms with Gasteiger partial charge in [0, 0.05) is 18.7 Å². The van der Waals surface area contributed by atoms with E-state index in [2.05, 4.69) is 0 Å². The number of Topliss-reactive ketones (excluding diaryl/α,β-unsaturated/α-hetero) is 1. The van der Waals surface area contributed by atoms with Crippen molar-refractivity contribution in [2.45, 2.75) is 19.8 Å². The molecule has 0 saturated heterocycles. The summed E-state index contributed by atoms with van der Waals surface area (Å²) in [7, 11) is 4.44. The molecule has 7 nitrogen and oxygen atoms in total. The summed E-state index contributed by atoms with van der Waals surface area (Å²) in [6, 6.07) is 9.49. The summed E-state index contributed by atoms with van der Waals surface area (Å²) in [4.78, 5) is 25.4. The molecule has 0 spiro atoms. The van der Waals surface area contributed by atoms with Crippen LogP contribution in [-0.4, -0.2) is 46.3 Å². The van der Waals surface area contributed by atoms with Gasteiger partial charge < -0.3 is 23.7 Å². The number of esters is 1. The van der Waals surface area contributed by atoms with Crippen LogP contribution in [0.25, 0.3) is 0 Å². The fraction of sp³-hybridized carbons (Fsp3) is 0.364. The van der Waals surface area contributed by atoms with Crippen molar-refractivity contribution in [1.82, 2.24) is 0 Å². The smallest absolute Gasteiger partial charge is 0.343 e. The van der Waals surface area contributed by atoms with Gasteiger partial charge in [-0.1, -0.05) is 13.3 Å². The molecule has 0 heterocycles. The second-order valence-electron chi connectivity index (χ2n) is 6.15. The van der Waals surface area contributed by atoms with Crippen molar-refractivity contribution in [2.24, 2.45) is 0 Å². The Hall–Kier alpha value is -3.06. The maximum atomic E-state index is 12.8. The third kappa shape index (κ3) is 5.96. The fourth-order valence-corrected chi connectivity index (χ4v) is 2.57. The van der Waals surface area contributed by atoms with Crippen LogP contribution >= 0.6 is 0 Å². The molecule has 2 aromatic rings. The minimum absolute atomic E-state index is 0.0473. The first kappa shape index (κ1) is 22.2. The molecule has 0 N–H and O–H groups in total. The predicted molar refractivity (Wildman–Crippen MR) is 108 cm³/mol. The molecule has 0 fully saturated rings. The van der Waals surface area contributed by atoms with Crippen LogP contribution in [0, 0.1) is 0 Å². The van der Waals surface area contributed by atoms with Gasteiger partial charge in [-0.2, -0.15) is 0 Å². The van der Waals surface area contributed by atoms with Gasteiger partial charge in [-0.3, -0.25) is 4.79 Å². The molecule has 0 atom stereocenters. The van der Waals surface area contributed by atoms with Crippen LogP contribution in [0.15, 0.2) is 36.4 Å². The van der Waals surface area contributed by atoms with Crippen molar-refractivity contribution >= 4 is 11.8 Å². The lowest BCUT2D eigenvalue weighted by Gasteiger charge is -2.15. The summed E-state index contributed by atoms with van der Waals surface area (Å²) in [6.07, 6.45) is 1.82. The Balaban J connectivity index is 2.31. The maximum Gasteiger partial charge on any atom is 0.343 e. The summed E-state index contributed by atoms with van der Waals surface area (Å²) in [5.74, 6) is 0.326. The van der Waals surface area contributed by atoms with E-state index in [0.717, 1.165) is 12.8 Å². The quantitative estimate of drug-likeness (QED) is 0.244. The maximum absolute atomic E-state index is 12.8. The molecule has 29 heavy (non-hydrogen) atoms. The third-order valence-corrected chi connectivity index (χ3v) is 4.18. The molecule has 2 rings (SSSR count). The first-order chi connectivity index (χ1) is 14.0. The van der Waals surface area contributed by atoms with E-state index in [1.54, 1.807) is 30.3 Å². The Morgan fingerprint density at radius 3 is 2.10 bits per heavy atom. The van der Waals surface area contributed by atoms with Gasteiger partial charge in [-0.25, -0.2) is 4.79 Å². The Labute approximate surface area is 170 Å². The molecular weight excluding hydrogens is 376 g/mol. The van der Waals surface area contributed by atoms with E-state index in [1.807, 2.05) is 6.92 Å². The number of ketones is 1. The molecule has 0 amide bonds. The van der Waals surface area contributed by atoms with Crippen LogP contribution in [0.1, 0.15) is 40.5 Å². The number of benzene rings is 2. The fourth-order valence-electron chi connectivity index (χ4n) is 2.57. The highest BCUT2D eigenvalue weighted by Crippen LogP contribution is 2.35. The molecule has 0 unspecified atom stereocenters. The standard InChI is InChI=1S/C22H26O7/c1-5-6-11-28-14-18(23)21-19(27-4)12-17(26-3)13-20(21)29-22(24)15-7-9-16(25-2)10-8-15/h7-10,12-13H,5-6,11,14H2,1-4H3. The lowest BCUT2D eigenvalue weighted by Crippen LogP contribution is -2.16. The molecule has 0 bridgehead atoms. The van der Waals surface area contributed by atoms with Crippen molar-refractivity contribution in [3.8, 4) is 23.0 Å². The lowest BCUT2D eigenvalue weighted by molar-refractivity contribution is 0.0713. The second-order valence-corrected chi connectivity index (χ2v) is 6.15. The zero-order chi connectivity index (χ0) is 21.2. The lowest BCUT2D eigenvalue weighted by atomic mass is 10.1. The van der Waals surface area contributed by atoms with Gasteiger partial charge in [0.15, 0.2) is 5.78 Å². The number of methoxy groups -OCH3 is 3. The average molecular weight is 402 g/mol. The highest BCUT2D eigenvalue weighted by Gasteiger charge is 2.23. The molecule has 156 valence electrons. The summed E-state index contributed by atoms with van der Waals surface area (Å²) in [6.45, 7) is 2.37. The molecule has 0 radical (unpaired) electrons. The Bertz CT molecular complexity index is 828. The van der Waals surface area contributed by atoms with Gasteiger partial charge in [-0.15, -0.1) is 0 Å². The number of rotatable bonds is 11. The van der Waals surface area contributed by atoms with Gasteiger partial charge >= 0.3 is 5.97 Å². The monoisotopic (exact) mass is 402 g/mol. The zero-order valence-electron chi connectivity index (χ0n) is 17.2. The second kappa shape index (κ2) is 11.1. The van der Waals surface area contributed by atoms with E-state index in [0.29, 0.717) is 23.7 Å². The van der Waals surface area contributed by atoms with Gasteiger partial charge in [0.1, 0.15) is 35.2 Å². The summed E-state index contributed by atoms with van der Waals surface area (Å²) in [5, 5.41) is 0. The highest BCUT2D eigenvalue weighted by atomic mass is 16.5. The van der Waals surface area contributed by atoms with Crippen molar-refractivity contribution in [2.75, 3.05) is 34.5 Å². The molecule has 0 aliphatic heterocycles. The SMILES string of the molecule is CCCCOCC(=O)c1c(OC)cc(OC)cc1OC(=O)c1ccc(OC)cc1. The molecular formula is C22H26O7. The summed E-state index contributed by atoms with van der Waals surface area (Å²) < 4.78 is 26.6. The van der Waals surface area contributed by atoms with Crippen molar-refractivity contribution in [3.05, 3.63) is 47.5 Å². The zero-order valence-corrected chi connectivity index (χ0v) is 17.2. The Kier molecular flexibility index (Phi) is 8.48. The number of unbranched alkanes of at least 4 members (excludes halogenated alkanes) is 1. The summed E-state index contributed by atoms with van der Waals surface area (Å²) >= 11 is 0. The number of ether oxygens (including phenoxy) is 5. The molecule has 0 aliphatic rings. The Morgan fingerprint density at radius 1 is 0.862 bits per heavy atom. The molecule has 2 aromatic carbocycles. The normalized spacial score (nSPS) is 10.3.